The van der Waals surface area contributed by atoms with Crippen molar-refractivity contribution in [2.45, 2.75) is 0 Å². The van der Waals surface area contributed by atoms with Crippen molar-refractivity contribution in [3.8, 4) is 0 Å². The first-order valence-electron chi connectivity index (χ1n) is 6.96. The summed E-state index contributed by atoms with van der Waals surface area (Å²) < 4.78 is 0. The maximum Gasteiger partial charge on any atom is 0.232 e. The van der Waals surface area contributed by atoms with E-state index in [0.717, 1.165) is 11.0 Å². The molecule has 10 heteroatoms. The van der Waals surface area contributed by atoms with Crippen LogP contribution in [0, 0.1) is 0 Å². The molecule has 0 unspecified atom stereocenters. The second kappa shape index (κ2) is 8.06. The third-order valence-corrected chi connectivity index (χ3v) is 3.59. The number of halogens is 3. The molecule has 2 aromatic heterocycles. The lowest BCUT2D eigenvalue weighted by atomic mass is 10.3. The van der Waals surface area contributed by atoms with E-state index in [1.54, 1.807) is 12.1 Å². The summed E-state index contributed by atoms with van der Waals surface area (Å²) in [6.45, 7) is 0. The van der Waals surface area contributed by atoms with Gasteiger partial charge in [-0.2, -0.15) is 30.4 Å². The molecule has 0 amide bonds. The number of benzene rings is 2. The number of para-hydroxylation sites is 3. The molecule has 0 atom stereocenters. The van der Waals surface area contributed by atoms with E-state index in [4.69, 9.17) is 34.8 Å². The Balaban J connectivity index is 0.000000170. The Morgan fingerprint density at radius 2 is 1.28 bits per heavy atom. The third-order valence-electron chi connectivity index (χ3n) is 2.92. The Hall–Kier alpha value is -2.48. The molecule has 2 N–H and O–H groups in total. The zero-order valence-electron chi connectivity index (χ0n) is 12.5. The van der Waals surface area contributed by atoms with Crippen molar-refractivity contribution in [3.05, 3.63) is 64.1 Å². The summed E-state index contributed by atoms with van der Waals surface area (Å²) in [6, 6.07) is 14.9. The van der Waals surface area contributed by atoms with Crippen LogP contribution in [0.25, 0.3) is 11.0 Å². The third kappa shape index (κ3) is 4.76. The van der Waals surface area contributed by atoms with E-state index in [1.807, 2.05) is 36.4 Å². The Morgan fingerprint density at radius 3 is 1.88 bits per heavy atom. The second-order valence-electron chi connectivity index (χ2n) is 4.61. The maximum atomic E-state index is 5.95. The minimum atomic E-state index is 0.0227. The molecule has 0 fully saturated rings. The predicted octanol–water partition coefficient (Wildman–Crippen LogP) is 4.53. The first-order valence-corrected chi connectivity index (χ1v) is 8.09. The van der Waals surface area contributed by atoms with Gasteiger partial charge in [0.2, 0.25) is 16.5 Å². The van der Waals surface area contributed by atoms with Crippen molar-refractivity contribution in [1.29, 1.82) is 0 Å². The molecule has 0 saturated carbocycles. The largest absolute Gasteiger partial charge is 0.323 e. The lowest BCUT2D eigenvalue weighted by Gasteiger charge is -2.06. The lowest BCUT2D eigenvalue weighted by Crippen LogP contribution is -1.99. The van der Waals surface area contributed by atoms with E-state index >= 15 is 0 Å². The minimum absolute atomic E-state index is 0.0227. The molecule has 4 aromatic rings. The van der Waals surface area contributed by atoms with Gasteiger partial charge in [-0.05, 0) is 47.5 Å². The van der Waals surface area contributed by atoms with Gasteiger partial charge in [0.15, 0.2) is 0 Å². The normalized spacial score (nSPS) is 10.2. The van der Waals surface area contributed by atoms with E-state index in [0.29, 0.717) is 10.7 Å². The predicted molar refractivity (Wildman–Crippen MR) is 98.5 cm³/mol. The fraction of sp³-hybridized carbons (Fsp3) is 0. The highest BCUT2D eigenvalue weighted by molar-refractivity contribution is 6.33. The second-order valence-corrected chi connectivity index (χ2v) is 5.70. The Kier molecular flexibility index (Phi) is 5.60. The molecule has 7 nitrogen and oxygen atoms in total. The van der Waals surface area contributed by atoms with E-state index < -0.39 is 0 Å². The van der Waals surface area contributed by atoms with Crippen LogP contribution in [0.2, 0.25) is 15.6 Å². The molecule has 2 heterocycles. The molecule has 0 bridgehead atoms. The number of aromatic amines is 1. The quantitative estimate of drug-likeness (QED) is 0.519. The van der Waals surface area contributed by atoms with E-state index in [-0.39, 0.29) is 16.5 Å². The molecule has 0 aliphatic carbocycles. The van der Waals surface area contributed by atoms with Crippen molar-refractivity contribution in [3.63, 3.8) is 0 Å². The molecule has 0 aliphatic rings. The number of nitrogens with one attached hydrogen (secondary N) is 2. The van der Waals surface area contributed by atoms with Crippen molar-refractivity contribution in [1.82, 2.24) is 30.4 Å². The fourth-order valence-electron chi connectivity index (χ4n) is 1.85. The zero-order valence-corrected chi connectivity index (χ0v) is 14.8. The average molecular weight is 395 g/mol. The van der Waals surface area contributed by atoms with Crippen molar-refractivity contribution in [2.75, 3.05) is 5.32 Å². The molecule has 4 rings (SSSR count). The lowest BCUT2D eigenvalue weighted by molar-refractivity contribution is 0.959. The summed E-state index contributed by atoms with van der Waals surface area (Å²) in [6.07, 6.45) is 0. The molecule has 0 spiro atoms. The summed E-state index contributed by atoms with van der Waals surface area (Å²) in [7, 11) is 0. The van der Waals surface area contributed by atoms with Crippen LogP contribution >= 0.6 is 34.8 Å². The molecular formula is C15H10Cl3N7. The highest BCUT2D eigenvalue weighted by Crippen LogP contribution is 2.23. The van der Waals surface area contributed by atoms with Gasteiger partial charge in [-0.3, -0.25) is 0 Å². The van der Waals surface area contributed by atoms with E-state index in [9.17, 15) is 0 Å². The summed E-state index contributed by atoms with van der Waals surface area (Å²) in [5.41, 5.74) is 2.50. The number of hydrogen-bond donors (Lipinski definition) is 2. The topological polar surface area (TPSA) is 92.3 Å². The van der Waals surface area contributed by atoms with Crippen LogP contribution in [0.4, 0.5) is 11.6 Å². The van der Waals surface area contributed by atoms with Gasteiger partial charge in [0.05, 0.1) is 10.7 Å². The number of aromatic nitrogens is 6. The van der Waals surface area contributed by atoms with Crippen LogP contribution in [-0.4, -0.2) is 30.4 Å². The summed E-state index contributed by atoms with van der Waals surface area (Å²) in [5, 5.41) is 13.8. The number of H-pyrrole nitrogens is 1. The number of hydrogen-bond acceptors (Lipinski definition) is 6. The Morgan fingerprint density at radius 1 is 0.720 bits per heavy atom. The molecular weight excluding hydrogens is 385 g/mol. The van der Waals surface area contributed by atoms with Gasteiger partial charge in [-0.25, -0.2) is 0 Å². The zero-order chi connectivity index (χ0) is 17.6. The minimum Gasteiger partial charge on any atom is -0.323 e. The van der Waals surface area contributed by atoms with Crippen molar-refractivity contribution < 1.29 is 0 Å². The van der Waals surface area contributed by atoms with Gasteiger partial charge in [0.25, 0.3) is 0 Å². The number of fused-ring (bicyclic) bond motifs is 1. The van der Waals surface area contributed by atoms with Crippen LogP contribution in [0.15, 0.2) is 48.5 Å². The molecule has 0 saturated heterocycles. The highest BCUT2D eigenvalue weighted by atomic mass is 35.5. The first-order chi connectivity index (χ1) is 12.1. The monoisotopic (exact) mass is 393 g/mol. The van der Waals surface area contributed by atoms with Crippen LogP contribution < -0.4 is 5.32 Å². The van der Waals surface area contributed by atoms with Gasteiger partial charge >= 0.3 is 0 Å². The summed E-state index contributed by atoms with van der Waals surface area (Å²) in [5.74, 6) is 0.248. The molecule has 0 radical (unpaired) electrons. The summed E-state index contributed by atoms with van der Waals surface area (Å²) in [4.78, 5) is 11.4. The Bertz CT molecular complexity index is 939. The standard InChI is InChI=1S/C9H5Cl3N4.C6H5N3/c10-5-3-1-2-4-6(5)13-9-15-7(11)14-8(12)16-9;1-2-4-6-5(3-1)7-9-8-6/h1-4H,(H,13,14,15,16);1-4H,(H,7,8,9). The average Bonchev–Trinajstić information content (AvgIpc) is 3.05. The van der Waals surface area contributed by atoms with Crippen molar-refractivity contribution >= 4 is 57.5 Å². The molecule has 2 aromatic carbocycles. The van der Waals surface area contributed by atoms with Crippen molar-refractivity contribution in [2.24, 2.45) is 0 Å². The molecule has 25 heavy (non-hydrogen) atoms. The highest BCUT2D eigenvalue weighted by Gasteiger charge is 2.05. The van der Waals surface area contributed by atoms with Crippen LogP contribution in [0.5, 0.6) is 0 Å². The number of anilines is 2. The van der Waals surface area contributed by atoms with E-state index in [2.05, 4.69) is 35.7 Å². The SMILES string of the molecule is Clc1nc(Cl)nc(Nc2ccccc2Cl)n1.c1ccc2n[nH]nc2c1. The number of rotatable bonds is 2. The van der Waals surface area contributed by atoms with Gasteiger partial charge in [0, 0.05) is 0 Å². The van der Waals surface area contributed by atoms with Gasteiger partial charge in [0.1, 0.15) is 11.0 Å². The van der Waals surface area contributed by atoms with Crippen LogP contribution in [-0.2, 0) is 0 Å². The maximum absolute atomic E-state index is 5.95. The summed E-state index contributed by atoms with van der Waals surface area (Å²) >= 11 is 17.2. The van der Waals surface area contributed by atoms with Crippen LogP contribution in [0.3, 0.4) is 0 Å². The molecule has 0 aliphatic heterocycles. The fourth-order valence-corrected chi connectivity index (χ4v) is 2.40. The Labute approximate surface area is 157 Å². The van der Waals surface area contributed by atoms with E-state index in [1.165, 1.54) is 0 Å². The molecule has 126 valence electrons. The van der Waals surface area contributed by atoms with Gasteiger partial charge in [-0.15, -0.1) is 0 Å². The van der Waals surface area contributed by atoms with Gasteiger partial charge in [-0.1, -0.05) is 35.9 Å². The number of nitrogens with zero attached hydrogens (tertiary/aromatic N) is 5. The smallest absolute Gasteiger partial charge is 0.232 e. The first kappa shape index (κ1) is 17.3. The van der Waals surface area contributed by atoms with Gasteiger partial charge < -0.3 is 5.32 Å². The van der Waals surface area contributed by atoms with Crippen LogP contribution in [0.1, 0.15) is 0 Å².